The first kappa shape index (κ1) is 14.7. The number of carboxylic acids is 1. The van der Waals surface area contributed by atoms with Gasteiger partial charge in [-0.1, -0.05) is 0 Å². The van der Waals surface area contributed by atoms with Gasteiger partial charge in [-0.25, -0.2) is 0 Å². The molecule has 0 amide bonds. The lowest BCUT2D eigenvalue weighted by atomic mass is 9.95. The number of carbonyl (C=O) groups is 1. The van der Waals surface area contributed by atoms with Crippen molar-refractivity contribution in [3.05, 3.63) is 34.8 Å². The number of aryl methyl sites for hydroxylation is 3. The first-order chi connectivity index (χ1) is 10.4. The molecule has 0 saturated carbocycles. The highest BCUT2D eigenvalue weighted by Gasteiger charge is 2.22. The van der Waals surface area contributed by atoms with Crippen molar-refractivity contribution < 1.29 is 18.7 Å². The molecule has 1 unspecified atom stereocenters. The molecule has 0 saturated heterocycles. The number of rotatable bonds is 4. The van der Waals surface area contributed by atoms with Gasteiger partial charge in [-0.2, -0.15) is 0 Å². The van der Waals surface area contributed by atoms with Gasteiger partial charge in [-0.15, -0.1) is 0 Å². The van der Waals surface area contributed by atoms with Gasteiger partial charge in [0.15, 0.2) is 0 Å². The van der Waals surface area contributed by atoms with E-state index in [0.717, 1.165) is 44.6 Å². The summed E-state index contributed by atoms with van der Waals surface area (Å²) >= 11 is 0. The number of aliphatic carboxylic acids is 1. The van der Waals surface area contributed by atoms with Crippen molar-refractivity contribution in [3.63, 3.8) is 0 Å². The predicted octanol–water partition coefficient (Wildman–Crippen LogP) is 3.97. The van der Waals surface area contributed by atoms with Crippen molar-refractivity contribution in [2.45, 2.75) is 39.7 Å². The van der Waals surface area contributed by atoms with Crippen LogP contribution in [0.25, 0.3) is 21.9 Å². The summed E-state index contributed by atoms with van der Waals surface area (Å²) in [5.41, 5.74) is 9.67. The Hall–Kier alpha value is -2.27. The van der Waals surface area contributed by atoms with Crippen LogP contribution in [0.4, 0.5) is 0 Å². The number of hydrogen-bond acceptors (Lipinski definition) is 4. The zero-order valence-corrected chi connectivity index (χ0v) is 12.9. The standard InChI is InChI=1S/C17H19NO4/c1-8-6-11-10(3)16-12(7-9(2)21-16)15(17(11)22-8)13(18)4-5-14(19)20/h6-7,13H,4-5,18H2,1-3H3,(H,19,20). The summed E-state index contributed by atoms with van der Waals surface area (Å²) in [5, 5.41) is 10.8. The monoisotopic (exact) mass is 301 g/mol. The van der Waals surface area contributed by atoms with Gasteiger partial charge in [0.2, 0.25) is 0 Å². The molecule has 22 heavy (non-hydrogen) atoms. The van der Waals surface area contributed by atoms with Gasteiger partial charge in [0.1, 0.15) is 22.7 Å². The Morgan fingerprint density at radius 2 is 1.73 bits per heavy atom. The highest BCUT2D eigenvalue weighted by atomic mass is 16.4. The molecule has 0 bridgehead atoms. The van der Waals surface area contributed by atoms with Crippen molar-refractivity contribution >= 4 is 27.9 Å². The van der Waals surface area contributed by atoms with Crippen molar-refractivity contribution in [1.82, 2.24) is 0 Å². The van der Waals surface area contributed by atoms with E-state index in [1.165, 1.54) is 0 Å². The van der Waals surface area contributed by atoms with E-state index in [-0.39, 0.29) is 6.42 Å². The maximum absolute atomic E-state index is 10.8. The zero-order valence-electron chi connectivity index (χ0n) is 12.9. The van der Waals surface area contributed by atoms with E-state index in [4.69, 9.17) is 19.7 Å². The van der Waals surface area contributed by atoms with Gasteiger partial charge in [0.05, 0.1) is 0 Å². The lowest BCUT2D eigenvalue weighted by Crippen LogP contribution is -2.13. The first-order valence-electron chi connectivity index (χ1n) is 7.28. The van der Waals surface area contributed by atoms with Crippen LogP contribution in [-0.2, 0) is 4.79 Å². The van der Waals surface area contributed by atoms with Crippen LogP contribution in [-0.4, -0.2) is 11.1 Å². The van der Waals surface area contributed by atoms with E-state index in [9.17, 15) is 4.79 Å². The summed E-state index contributed by atoms with van der Waals surface area (Å²) in [7, 11) is 0. The Labute approximate surface area is 127 Å². The molecule has 1 aromatic carbocycles. The molecule has 0 spiro atoms. The minimum absolute atomic E-state index is 0.0224. The number of nitrogens with two attached hydrogens (primary N) is 1. The summed E-state index contributed by atoms with van der Waals surface area (Å²) in [5.74, 6) is 0.748. The lowest BCUT2D eigenvalue weighted by molar-refractivity contribution is -0.137. The molecule has 0 aliphatic heterocycles. The van der Waals surface area contributed by atoms with E-state index in [2.05, 4.69) is 0 Å². The topological polar surface area (TPSA) is 89.6 Å². The van der Waals surface area contributed by atoms with Crippen LogP contribution in [0.5, 0.6) is 0 Å². The first-order valence-corrected chi connectivity index (χ1v) is 7.28. The number of hydrogen-bond donors (Lipinski definition) is 2. The van der Waals surface area contributed by atoms with Gasteiger partial charge in [0, 0.05) is 34.4 Å². The van der Waals surface area contributed by atoms with Crippen LogP contribution < -0.4 is 5.73 Å². The second-order valence-corrected chi connectivity index (χ2v) is 5.78. The smallest absolute Gasteiger partial charge is 0.303 e. The molecule has 3 rings (SSSR count). The molecule has 0 radical (unpaired) electrons. The van der Waals surface area contributed by atoms with Crippen LogP contribution in [0.15, 0.2) is 21.0 Å². The maximum atomic E-state index is 10.8. The van der Waals surface area contributed by atoms with Crippen molar-refractivity contribution in [2.24, 2.45) is 5.73 Å². The van der Waals surface area contributed by atoms with E-state index < -0.39 is 12.0 Å². The average Bonchev–Trinajstić information content (AvgIpc) is 2.99. The minimum Gasteiger partial charge on any atom is -0.481 e. The van der Waals surface area contributed by atoms with Gasteiger partial charge in [0.25, 0.3) is 0 Å². The summed E-state index contributed by atoms with van der Waals surface area (Å²) in [6.45, 7) is 5.77. The molecular weight excluding hydrogens is 282 g/mol. The number of carboxylic acid groups (broad SMARTS) is 1. The van der Waals surface area contributed by atoms with Crippen LogP contribution in [0.3, 0.4) is 0 Å². The third-order valence-electron chi connectivity index (χ3n) is 4.03. The van der Waals surface area contributed by atoms with Crippen molar-refractivity contribution in [2.75, 3.05) is 0 Å². The van der Waals surface area contributed by atoms with Crippen LogP contribution in [0.2, 0.25) is 0 Å². The van der Waals surface area contributed by atoms with Crippen molar-refractivity contribution in [1.29, 1.82) is 0 Å². The van der Waals surface area contributed by atoms with Crippen molar-refractivity contribution in [3.8, 4) is 0 Å². The molecule has 0 fully saturated rings. The highest BCUT2D eigenvalue weighted by molar-refractivity contribution is 6.02. The molecule has 1 atom stereocenters. The normalized spacial score (nSPS) is 13.1. The fraction of sp³-hybridized carbons (Fsp3) is 0.353. The molecule has 3 aromatic rings. The second kappa shape index (κ2) is 5.18. The molecule has 2 aromatic heterocycles. The molecule has 5 nitrogen and oxygen atoms in total. The van der Waals surface area contributed by atoms with Crippen LogP contribution >= 0.6 is 0 Å². The molecule has 116 valence electrons. The Morgan fingerprint density at radius 3 is 2.36 bits per heavy atom. The number of fused-ring (bicyclic) bond motifs is 2. The summed E-state index contributed by atoms with van der Waals surface area (Å²) in [4.78, 5) is 10.8. The van der Waals surface area contributed by atoms with E-state index in [1.807, 2.05) is 32.9 Å². The zero-order chi connectivity index (χ0) is 16.0. The second-order valence-electron chi connectivity index (χ2n) is 5.78. The molecule has 2 heterocycles. The van der Waals surface area contributed by atoms with E-state index >= 15 is 0 Å². The number of furan rings is 2. The van der Waals surface area contributed by atoms with Gasteiger partial charge in [-0.05, 0) is 39.3 Å². The van der Waals surface area contributed by atoms with Gasteiger partial charge >= 0.3 is 5.97 Å². The number of benzene rings is 1. The largest absolute Gasteiger partial charge is 0.481 e. The summed E-state index contributed by atoms with van der Waals surface area (Å²) < 4.78 is 11.7. The maximum Gasteiger partial charge on any atom is 0.303 e. The Balaban J connectivity index is 2.27. The molecule has 5 heteroatoms. The fourth-order valence-electron chi connectivity index (χ4n) is 3.02. The molecule has 0 aliphatic carbocycles. The fourth-order valence-corrected chi connectivity index (χ4v) is 3.02. The van der Waals surface area contributed by atoms with Gasteiger partial charge < -0.3 is 19.7 Å². The van der Waals surface area contributed by atoms with E-state index in [1.54, 1.807) is 0 Å². The molecular formula is C17H19NO4. The SMILES string of the molecule is Cc1cc2c(C(N)CCC(=O)O)c3oc(C)cc3c(C)c2o1. The quantitative estimate of drug-likeness (QED) is 0.761. The Bertz CT molecular complexity index is 814. The highest BCUT2D eigenvalue weighted by Crippen LogP contribution is 2.39. The molecule has 3 N–H and O–H groups in total. The summed E-state index contributed by atoms with van der Waals surface area (Å²) in [6, 6.07) is 3.49. The summed E-state index contributed by atoms with van der Waals surface area (Å²) in [6.07, 6.45) is 0.376. The lowest BCUT2D eigenvalue weighted by Gasteiger charge is -2.13. The third kappa shape index (κ3) is 2.27. The molecule has 0 aliphatic rings. The third-order valence-corrected chi connectivity index (χ3v) is 4.03. The minimum atomic E-state index is -0.853. The Morgan fingerprint density at radius 1 is 1.14 bits per heavy atom. The Kier molecular flexibility index (Phi) is 3.45. The van der Waals surface area contributed by atoms with Crippen LogP contribution in [0, 0.1) is 20.8 Å². The van der Waals surface area contributed by atoms with E-state index in [0.29, 0.717) is 6.42 Å². The van der Waals surface area contributed by atoms with Gasteiger partial charge in [-0.3, -0.25) is 4.79 Å². The predicted molar refractivity (Wildman–Crippen MR) is 84.0 cm³/mol. The average molecular weight is 301 g/mol. The van der Waals surface area contributed by atoms with Crippen LogP contribution in [0.1, 0.15) is 41.5 Å².